The van der Waals surface area contributed by atoms with Crippen LogP contribution in [0.1, 0.15) is 47.0 Å². The zero-order chi connectivity index (χ0) is 8.54. The van der Waals surface area contributed by atoms with Gasteiger partial charge in [-0.25, -0.2) is 0 Å². The molecule has 0 bridgehead atoms. The highest BCUT2D eigenvalue weighted by molar-refractivity contribution is 5.08. The number of allylic oxidation sites excluding steroid dienone is 2. The van der Waals surface area contributed by atoms with E-state index < -0.39 is 0 Å². The minimum Gasteiger partial charge on any atom is -0.0883 e. The molecule has 1 aliphatic rings. The molecular weight excluding hydrogens is 132 g/mol. The Morgan fingerprint density at radius 3 is 2.09 bits per heavy atom. The highest BCUT2D eigenvalue weighted by Gasteiger charge is 2.43. The highest BCUT2D eigenvalue weighted by atomic mass is 14.5. The number of rotatable bonds is 2. The standard InChI is InChI=1S/C11H20/c1-5-6-7-11(4)8-10(2,3)9-11/h6-7H,5,8-9H2,1-4H3/b7-6-. The molecule has 0 spiro atoms. The van der Waals surface area contributed by atoms with E-state index in [1.54, 1.807) is 0 Å². The lowest BCUT2D eigenvalue weighted by atomic mass is 9.55. The molecule has 0 radical (unpaired) electrons. The van der Waals surface area contributed by atoms with Gasteiger partial charge in [-0.15, -0.1) is 0 Å². The summed E-state index contributed by atoms with van der Waals surface area (Å²) < 4.78 is 0. The summed E-state index contributed by atoms with van der Waals surface area (Å²) in [6.45, 7) is 9.27. The Morgan fingerprint density at radius 1 is 1.18 bits per heavy atom. The van der Waals surface area contributed by atoms with Gasteiger partial charge in [0.1, 0.15) is 0 Å². The van der Waals surface area contributed by atoms with Gasteiger partial charge >= 0.3 is 0 Å². The maximum absolute atomic E-state index is 2.40. The van der Waals surface area contributed by atoms with Gasteiger partial charge in [0.15, 0.2) is 0 Å². The second-order valence-electron chi connectivity index (χ2n) is 4.98. The Bertz CT molecular complexity index is 155. The largest absolute Gasteiger partial charge is 0.0883 e. The summed E-state index contributed by atoms with van der Waals surface area (Å²) in [4.78, 5) is 0. The van der Waals surface area contributed by atoms with Gasteiger partial charge in [-0.1, -0.05) is 39.8 Å². The van der Waals surface area contributed by atoms with E-state index in [-0.39, 0.29) is 0 Å². The third-order valence-corrected chi connectivity index (χ3v) is 2.52. The molecule has 0 amide bonds. The average molecular weight is 152 g/mol. The van der Waals surface area contributed by atoms with Crippen LogP contribution in [-0.4, -0.2) is 0 Å². The van der Waals surface area contributed by atoms with Crippen LogP contribution >= 0.6 is 0 Å². The summed E-state index contributed by atoms with van der Waals surface area (Å²) >= 11 is 0. The maximum atomic E-state index is 2.40. The lowest BCUT2D eigenvalue weighted by Gasteiger charge is -2.50. The summed E-state index contributed by atoms with van der Waals surface area (Å²) in [6.07, 6.45) is 8.59. The van der Waals surface area contributed by atoms with Gasteiger partial charge in [-0.2, -0.15) is 0 Å². The van der Waals surface area contributed by atoms with Crippen LogP contribution in [0, 0.1) is 10.8 Å². The van der Waals surface area contributed by atoms with Gasteiger partial charge < -0.3 is 0 Å². The minimum atomic E-state index is 0.527. The van der Waals surface area contributed by atoms with Crippen molar-refractivity contribution in [2.24, 2.45) is 10.8 Å². The van der Waals surface area contributed by atoms with Crippen molar-refractivity contribution < 1.29 is 0 Å². The first-order chi connectivity index (χ1) is 4.97. The third-order valence-electron chi connectivity index (χ3n) is 2.52. The fourth-order valence-corrected chi connectivity index (χ4v) is 2.65. The van der Waals surface area contributed by atoms with E-state index in [0.29, 0.717) is 10.8 Å². The fourth-order valence-electron chi connectivity index (χ4n) is 2.65. The number of hydrogen-bond donors (Lipinski definition) is 0. The Balaban J connectivity index is 2.43. The molecule has 0 nitrogen and oxygen atoms in total. The Kier molecular flexibility index (Phi) is 2.13. The molecule has 0 atom stereocenters. The summed E-state index contributed by atoms with van der Waals surface area (Å²) in [5, 5.41) is 0. The van der Waals surface area contributed by atoms with Gasteiger partial charge in [-0.3, -0.25) is 0 Å². The van der Waals surface area contributed by atoms with Crippen LogP contribution in [0.15, 0.2) is 12.2 Å². The first-order valence-electron chi connectivity index (χ1n) is 4.65. The molecule has 11 heavy (non-hydrogen) atoms. The van der Waals surface area contributed by atoms with Crippen molar-refractivity contribution in [3.05, 3.63) is 12.2 Å². The smallest absolute Gasteiger partial charge is 0.0136 e. The Morgan fingerprint density at radius 2 is 1.73 bits per heavy atom. The van der Waals surface area contributed by atoms with Crippen LogP contribution in [0.4, 0.5) is 0 Å². The monoisotopic (exact) mass is 152 g/mol. The SMILES string of the molecule is CC/C=C\C1(C)CC(C)(C)C1. The maximum Gasteiger partial charge on any atom is -0.0136 e. The first-order valence-corrected chi connectivity index (χ1v) is 4.65. The molecule has 0 aromatic rings. The molecule has 1 fully saturated rings. The van der Waals surface area contributed by atoms with E-state index in [0.717, 1.165) is 0 Å². The van der Waals surface area contributed by atoms with Gasteiger partial charge in [0.25, 0.3) is 0 Å². The molecular formula is C11H20. The Hall–Kier alpha value is -0.260. The molecule has 1 aliphatic carbocycles. The minimum absolute atomic E-state index is 0.527. The van der Waals surface area contributed by atoms with Crippen molar-refractivity contribution in [2.45, 2.75) is 47.0 Å². The summed E-state index contributed by atoms with van der Waals surface area (Å²) in [6, 6.07) is 0. The second-order valence-corrected chi connectivity index (χ2v) is 4.98. The van der Waals surface area contributed by atoms with Crippen LogP contribution < -0.4 is 0 Å². The third kappa shape index (κ3) is 2.08. The zero-order valence-corrected chi connectivity index (χ0v) is 8.28. The van der Waals surface area contributed by atoms with Crippen molar-refractivity contribution in [3.63, 3.8) is 0 Å². The van der Waals surface area contributed by atoms with Gasteiger partial charge in [0.05, 0.1) is 0 Å². The molecule has 0 aromatic carbocycles. The predicted molar refractivity (Wildman–Crippen MR) is 50.6 cm³/mol. The normalized spacial score (nSPS) is 26.9. The van der Waals surface area contributed by atoms with Crippen LogP contribution in [0.2, 0.25) is 0 Å². The van der Waals surface area contributed by atoms with Crippen LogP contribution in [0.3, 0.4) is 0 Å². The quantitative estimate of drug-likeness (QED) is 0.528. The lowest BCUT2D eigenvalue weighted by Crippen LogP contribution is -2.39. The molecule has 0 heteroatoms. The van der Waals surface area contributed by atoms with E-state index >= 15 is 0 Å². The molecule has 0 aromatic heterocycles. The molecule has 0 unspecified atom stereocenters. The van der Waals surface area contributed by atoms with Gasteiger partial charge in [0.2, 0.25) is 0 Å². The first kappa shape index (κ1) is 8.83. The van der Waals surface area contributed by atoms with Crippen LogP contribution in [0.5, 0.6) is 0 Å². The second kappa shape index (κ2) is 2.66. The molecule has 1 rings (SSSR count). The fraction of sp³-hybridized carbons (Fsp3) is 0.818. The molecule has 0 aliphatic heterocycles. The van der Waals surface area contributed by atoms with Gasteiger partial charge in [0, 0.05) is 0 Å². The molecule has 64 valence electrons. The predicted octanol–water partition coefficient (Wildman–Crippen LogP) is 3.78. The van der Waals surface area contributed by atoms with Crippen molar-refractivity contribution in [1.82, 2.24) is 0 Å². The van der Waals surface area contributed by atoms with Gasteiger partial charge in [-0.05, 0) is 30.1 Å². The average Bonchev–Trinajstić information content (AvgIpc) is 1.79. The highest BCUT2D eigenvalue weighted by Crippen LogP contribution is 2.54. The zero-order valence-electron chi connectivity index (χ0n) is 8.28. The summed E-state index contributed by atoms with van der Waals surface area (Å²) in [7, 11) is 0. The van der Waals surface area contributed by atoms with E-state index in [2.05, 4.69) is 39.8 Å². The van der Waals surface area contributed by atoms with Crippen LogP contribution in [-0.2, 0) is 0 Å². The van der Waals surface area contributed by atoms with Crippen molar-refractivity contribution in [2.75, 3.05) is 0 Å². The van der Waals surface area contributed by atoms with E-state index in [1.165, 1.54) is 19.3 Å². The number of hydrogen-bond acceptors (Lipinski definition) is 0. The van der Waals surface area contributed by atoms with E-state index in [4.69, 9.17) is 0 Å². The topological polar surface area (TPSA) is 0 Å². The van der Waals surface area contributed by atoms with Crippen molar-refractivity contribution in [3.8, 4) is 0 Å². The van der Waals surface area contributed by atoms with Crippen molar-refractivity contribution in [1.29, 1.82) is 0 Å². The van der Waals surface area contributed by atoms with Crippen molar-refractivity contribution >= 4 is 0 Å². The van der Waals surface area contributed by atoms with E-state index in [9.17, 15) is 0 Å². The molecule has 0 saturated heterocycles. The van der Waals surface area contributed by atoms with E-state index in [1.807, 2.05) is 0 Å². The molecule has 1 saturated carbocycles. The molecule has 0 heterocycles. The van der Waals surface area contributed by atoms with Crippen LogP contribution in [0.25, 0.3) is 0 Å². The lowest BCUT2D eigenvalue weighted by molar-refractivity contribution is 0.0454. The summed E-state index contributed by atoms with van der Waals surface area (Å²) in [5.41, 5.74) is 1.13. The molecule has 0 N–H and O–H groups in total. The Labute approximate surface area is 70.7 Å². The summed E-state index contributed by atoms with van der Waals surface area (Å²) in [5.74, 6) is 0.